The Balaban J connectivity index is 1.66. The van der Waals surface area contributed by atoms with Gasteiger partial charge in [-0.15, -0.1) is 0 Å². The second kappa shape index (κ2) is 9.11. The van der Waals surface area contributed by atoms with Gasteiger partial charge in [-0.3, -0.25) is 4.57 Å². The first kappa shape index (κ1) is 21.3. The van der Waals surface area contributed by atoms with Crippen molar-refractivity contribution in [1.82, 2.24) is 9.55 Å². The zero-order chi connectivity index (χ0) is 23.5. The molecule has 1 heterocycles. The molecule has 4 nitrogen and oxygen atoms in total. The SMILES string of the molecule is O=C(Oc1ccc(F)cc1)/C(=C\c1nc2ccccc2n1-c1ccccc1)c1ccc(F)cc1. The summed E-state index contributed by atoms with van der Waals surface area (Å²) in [7, 11) is 0. The summed E-state index contributed by atoms with van der Waals surface area (Å²) in [5, 5.41) is 0. The molecular weight excluding hydrogens is 434 g/mol. The number of halogens is 2. The van der Waals surface area contributed by atoms with Crippen LogP contribution in [0.4, 0.5) is 8.78 Å². The number of para-hydroxylation sites is 3. The second-order valence-electron chi connectivity index (χ2n) is 7.54. The molecule has 0 radical (unpaired) electrons. The van der Waals surface area contributed by atoms with Crippen LogP contribution in [0.2, 0.25) is 0 Å². The van der Waals surface area contributed by atoms with E-state index in [0.29, 0.717) is 11.4 Å². The lowest BCUT2D eigenvalue weighted by Gasteiger charge is -2.11. The van der Waals surface area contributed by atoms with Crippen molar-refractivity contribution in [1.29, 1.82) is 0 Å². The predicted molar refractivity (Wildman–Crippen MR) is 127 cm³/mol. The summed E-state index contributed by atoms with van der Waals surface area (Å²) in [4.78, 5) is 18.0. The number of nitrogens with zero attached hydrogens (tertiary/aromatic N) is 2. The van der Waals surface area contributed by atoms with Crippen LogP contribution in [0, 0.1) is 11.6 Å². The van der Waals surface area contributed by atoms with E-state index in [2.05, 4.69) is 0 Å². The van der Waals surface area contributed by atoms with Gasteiger partial charge in [0.25, 0.3) is 0 Å². The van der Waals surface area contributed by atoms with Crippen molar-refractivity contribution in [2.45, 2.75) is 0 Å². The Morgan fingerprint density at radius 2 is 1.38 bits per heavy atom. The van der Waals surface area contributed by atoms with E-state index in [9.17, 15) is 13.6 Å². The van der Waals surface area contributed by atoms with Gasteiger partial charge in [-0.25, -0.2) is 18.6 Å². The number of hydrogen-bond acceptors (Lipinski definition) is 3. The van der Waals surface area contributed by atoms with Crippen molar-refractivity contribution in [3.05, 3.63) is 126 Å². The Labute approximate surface area is 194 Å². The van der Waals surface area contributed by atoms with Crippen LogP contribution in [-0.2, 0) is 4.79 Å². The third-order valence-electron chi connectivity index (χ3n) is 5.27. The number of fused-ring (bicyclic) bond motifs is 1. The van der Waals surface area contributed by atoms with Crippen LogP contribution in [0.1, 0.15) is 11.4 Å². The van der Waals surface area contributed by atoms with Gasteiger partial charge in [-0.2, -0.15) is 0 Å². The molecule has 34 heavy (non-hydrogen) atoms. The number of ether oxygens (including phenoxy) is 1. The first-order valence-electron chi connectivity index (χ1n) is 10.6. The Bertz CT molecular complexity index is 1490. The average molecular weight is 452 g/mol. The molecule has 166 valence electrons. The topological polar surface area (TPSA) is 44.1 Å². The molecular formula is C28H18F2N2O2. The van der Waals surface area contributed by atoms with Crippen LogP contribution in [0.15, 0.2) is 103 Å². The highest BCUT2D eigenvalue weighted by Gasteiger charge is 2.19. The minimum atomic E-state index is -0.676. The number of carbonyl (C=O) groups is 1. The molecule has 0 saturated heterocycles. The Morgan fingerprint density at radius 3 is 2.09 bits per heavy atom. The van der Waals surface area contributed by atoms with E-state index in [1.807, 2.05) is 59.2 Å². The third kappa shape index (κ3) is 4.34. The number of esters is 1. The number of imidazole rings is 1. The fraction of sp³-hybridized carbons (Fsp3) is 0. The monoisotopic (exact) mass is 452 g/mol. The van der Waals surface area contributed by atoms with E-state index in [-0.39, 0.29) is 11.3 Å². The van der Waals surface area contributed by atoms with Gasteiger partial charge in [-0.05, 0) is 72.3 Å². The molecule has 0 N–H and O–H groups in total. The average Bonchev–Trinajstić information content (AvgIpc) is 3.23. The summed E-state index contributed by atoms with van der Waals surface area (Å²) >= 11 is 0. The van der Waals surface area contributed by atoms with Crippen molar-refractivity contribution in [2.75, 3.05) is 0 Å². The van der Waals surface area contributed by atoms with Gasteiger partial charge in [-0.1, -0.05) is 42.5 Å². The molecule has 0 unspecified atom stereocenters. The molecule has 4 aromatic carbocycles. The molecule has 0 fully saturated rings. The van der Waals surface area contributed by atoms with Crippen molar-refractivity contribution in [2.24, 2.45) is 0 Å². The number of aromatic nitrogens is 2. The number of rotatable bonds is 5. The van der Waals surface area contributed by atoms with Crippen LogP contribution in [-0.4, -0.2) is 15.5 Å². The van der Waals surface area contributed by atoms with Gasteiger partial charge in [0.1, 0.15) is 23.2 Å². The van der Waals surface area contributed by atoms with Gasteiger partial charge < -0.3 is 4.74 Å². The Hall–Kier alpha value is -4.58. The van der Waals surface area contributed by atoms with E-state index in [1.54, 1.807) is 6.08 Å². The first-order valence-corrected chi connectivity index (χ1v) is 10.6. The van der Waals surface area contributed by atoms with Gasteiger partial charge in [0.2, 0.25) is 0 Å². The molecule has 0 atom stereocenters. The van der Waals surface area contributed by atoms with Gasteiger partial charge in [0, 0.05) is 5.69 Å². The molecule has 0 aliphatic heterocycles. The minimum absolute atomic E-state index is 0.178. The normalized spacial score (nSPS) is 11.5. The van der Waals surface area contributed by atoms with E-state index in [4.69, 9.17) is 9.72 Å². The van der Waals surface area contributed by atoms with Crippen molar-refractivity contribution >= 4 is 28.7 Å². The van der Waals surface area contributed by atoms with Gasteiger partial charge >= 0.3 is 5.97 Å². The van der Waals surface area contributed by atoms with Crippen LogP contribution >= 0.6 is 0 Å². The lowest BCUT2D eigenvalue weighted by atomic mass is 10.1. The lowest BCUT2D eigenvalue weighted by molar-refractivity contribution is -0.127. The summed E-state index contributed by atoms with van der Waals surface area (Å²) in [5.41, 5.74) is 3.12. The van der Waals surface area contributed by atoms with Gasteiger partial charge in [0.05, 0.1) is 16.6 Å². The smallest absolute Gasteiger partial charge is 0.344 e. The highest BCUT2D eigenvalue weighted by Crippen LogP contribution is 2.27. The van der Waals surface area contributed by atoms with Gasteiger partial charge in [0.15, 0.2) is 0 Å². The molecule has 0 aliphatic carbocycles. The van der Waals surface area contributed by atoms with Crippen LogP contribution in [0.25, 0.3) is 28.4 Å². The molecule has 0 bridgehead atoms. The quantitative estimate of drug-likeness (QED) is 0.175. The standard InChI is InChI=1S/C28H18F2N2O2/c29-20-12-10-19(11-13-20)24(28(33)34-23-16-14-21(30)15-17-23)18-27-31-25-8-4-5-9-26(25)32(27)22-6-2-1-3-7-22/h1-18H/b24-18-. The molecule has 1 aromatic heterocycles. The second-order valence-corrected chi connectivity index (χ2v) is 7.54. The molecule has 6 heteroatoms. The summed E-state index contributed by atoms with van der Waals surface area (Å²) in [5.74, 6) is -0.846. The molecule has 0 amide bonds. The minimum Gasteiger partial charge on any atom is -0.423 e. The summed E-state index contributed by atoms with van der Waals surface area (Å²) < 4.78 is 34.3. The van der Waals surface area contributed by atoms with Crippen LogP contribution in [0.5, 0.6) is 5.75 Å². The van der Waals surface area contributed by atoms with Crippen molar-refractivity contribution in [3.8, 4) is 11.4 Å². The molecule has 5 rings (SSSR count). The maximum absolute atomic E-state index is 13.6. The molecule has 0 aliphatic rings. The highest BCUT2D eigenvalue weighted by atomic mass is 19.1. The van der Waals surface area contributed by atoms with E-state index < -0.39 is 17.6 Å². The maximum atomic E-state index is 13.6. The lowest BCUT2D eigenvalue weighted by Crippen LogP contribution is -2.11. The van der Waals surface area contributed by atoms with E-state index in [1.165, 1.54) is 48.5 Å². The summed E-state index contributed by atoms with van der Waals surface area (Å²) in [6.45, 7) is 0. The maximum Gasteiger partial charge on any atom is 0.344 e. The highest BCUT2D eigenvalue weighted by molar-refractivity contribution is 6.22. The third-order valence-corrected chi connectivity index (χ3v) is 5.27. The van der Waals surface area contributed by atoms with Crippen LogP contribution in [0.3, 0.4) is 0 Å². The largest absolute Gasteiger partial charge is 0.423 e. The van der Waals surface area contributed by atoms with Crippen molar-refractivity contribution < 1.29 is 18.3 Å². The number of hydrogen-bond donors (Lipinski definition) is 0. The Kier molecular flexibility index (Phi) is 5.70. The van der Waals surface area contributed by atoms with Crippen molar-refractivity contribution in [3.63, 3.8) is 0 Å². The van der Waals surface area contributed by atoms with Crippen LogP contribution < -0.4 is 4.74 Å². The molecule has 0 spiro atoms. The summed E-state index contributed by atoms with van der Waals surface area (Å²) in [6.07, 6.45) is 1.62. The van der Waals surface area contributed by atoms with E-state index in [0.717, 1.165) is 16.7 Å². The molecule has 0 saturated carbocycles. The summed E-state index contributed by atoms with van der Waals surface area (Å²) in [6, 6.07) is 28.0. The fourth-order valence-corrected chi connectivity index (χ4v) is 3.67. The zero-order valence-corrected chi connectivity index (χ0v) is 17.9. The fourth-order valence-electron chi connectivity index (χ4n) is 3.67. The Morgan fingerprint density at radius 1 is 0.765 bits per heavy atom. The number of carbonyl (C=O) groups excluding carboxylic acids is 1. The van der Waals surface area contributed by atoms with E-state index >= 15 is 0 Å². The number of benzene rings is 4. The molecule has 5 aromatic rings. The predicted octanol–water partition coefficient (Wildman–Crippen LogP) is 6.45. The first-order chi connectivity index (χ1) is 16.6. The zero-order valence-electron chi connectivity index (χ0n) is 17.9.